The van der Waals surface area contributed by atoms with Crippen LogP contribution in [0.5, 0.6) is 5.75 Å². The van der Waals surface area contributed by atoms with Gasteiger partial charge in [-0.05, 0) is 56.3 Å². The molecule has 106 valence electrons. The Hall–Kier alpha value is 0.380. The van der Waals surface area contributed by atoms with Crippen molar-refractivity contribution in [3.63, 3.8) is 0 Å². The lowest BCUT2D eigenvalue weighted by Gasteiger charge is -2.12. The average molecular weight is 458 g/mol. The summed E-state index contributed by atoms with van der Waals surface area (Å²) in [6.45, 7) is 4.28. The van der Waals surface area contributed by atoms with E-state index in [1.807, 2.05) is 12.1 Å². The first kappa shape index (κ1) is 15.8. The summed E-state index contributed by atoms with van der Waals surface area (Å²) in [6.07, 6.45) is 1.16. The van der Waals surface area contributed by atoms with E-state index >= 15 is 0 Å². The smallest absolute Gasteiger partial charge is 0.147 e. The van der Waals surface area contributed by atoms with E-state index < -0.39 is 0 Å². The third-order valence-corrected chi connectivity index (χ3v) is 4.58. The van der Waals surface area contributed by atoms with Crippen LogP contribution in [0.1, 0.15) is 6.42 Å². The van der Waals surface area contributed by atoms with E-state index in [2.05, 4.69) is 53.1 Å². The molecule has 1 heterocycles. The maximum Gasteiger partial charge on any atom is 0.147 e. The van der Waals surface area contributed by atoms with Gasteiger partial charge in [-0.1, -0.05) is 15.9 Å². The minimum absolute atomic E-state index is 0.645. The fourth-order valence-corrected chi connectivity index (χ4v) is 4.43. The van der Waals surface area contributed by atoms with Crippen LogP contribution < -0.4 is 10.1 Å². The van der Waals surface area contributed by atoms with Crippen LogP contribution in [0.4, 0.5) is 0 Å². The Morgan fingerprint density at radius 2 is 2.00 bits per heavy atom. The van der Waals surface area contributed by atoms with Gasteiger partial charge in [-0.15, -0.1) is 0 Å². The van der Waals surface area contributed by atoms with Gasteiger partial charge in [0.1, 0.15) is 12.4 Å². The molecule has 0 radical (unpaired) electrons. The van der Waals surface area contributed by atoms with Crippen molar-refractivity contribution >= 4 is 47.8 Å². The first-order valence-electron chi connectivity index (χ1n) is 6.22. The van der Waals surface area contributed by atoms with Gasteiger partial charge in [0.2, 0.25) is 0 Å². The molecule has 0 amide bonds. The Kier molecular flexibility index (Phi) is 6.62. The summed E-state index contributed by atoms with van der Waals surface area (Å²) < 4.78 is 14.0. The molecule has 1 aliphatic heterocycles. The first-order valence-corrected chi connectivity index (χ1v) is 8.60. The lowest BCUT2D eigenvalue weighted by atomic mass is 10.1. The summed E-state index contributed by atoms with van der Waals surface area (Å²) >= 11 is 10.4. The van der Waals surface area contributed by atoms with Crippen molar-refractivity contribution in [1.29, 1.82) is 0 Å². The predicted molar refractivity (Wildman–Crippen MR) is 86.8 cm³/mol. The number of hydrogen-bond donors (Lipinski definition) is 1. The fourth-order valence-electron chi connectivity index (χ4n) is 1.94. The summed E-state index contributed by atoms with van der Waals surface area (Å²) in [5, 5.41) is 3.40. The van der Waals surface area contributed by atoms with Crippen molar-refractivity contribution in [1.82, 2.24) is 5.32 Å². The monoisotopic (exact) mass is 455 g/mol. The molecule has 0 saturated carbocycles. The molecule has 1 N–H and O–H groups in total. The summed E-state index contributed by atoms with van der Waals surface area (Å²) in [4.78, 5) is 0. The molecule has 2 rings (SSSR count). The van der Waals surface area contributed by atoms with Gasteiger partial charge < -0.3 is 14.8 Å². The van der Waals surface area contributed by atoms with Crippen molar-refractivity contribution in [3.8, 4) is 5.75 Å². The molecular formula is C13H16Br3NO2. The zero-order chi connectivity index (χ0) is 13.7. The summed E-state index contributed by atoms with van der Waals surface area (Å²) in [5.41, 5.74) is 0. The van der Waals surface area contributed by atoms with E-state index in [0.717, 1.165) is 51.9 Å². The lowest BCUT2D eigenvalue weighted by molar-refractivity contribution is 0.185. The molecule has 19 heavy (non-hydrogen) atoms. The van der Waals surface area contributed by atoms with Gasteiger partial charge in [0.25, 0.3) is 0 Å². The van der Waals surface area contributed by atoms with E-state index in [1.165, 1.54) is 0 Å². The highest BCUT2D eigenvalue weighted by atomic mass is 79.9. The maximum atomic E-state index is 5.78. The summed E-state index contributed by atoms with van der Waals surface area (Å²) in [6, 6.07) is 3.95. The molecule has 1 aromatic carbocycles. The third kappa shape index (κ3) is 5.01. The Morgan fingerprint density at radius 1 is 1.26 bits per heavy atom. The molecule has 1 aromatic rings. The predicted octanol–water partition coefficient (Wildman–Crippen LogP) is 3.98. The number of nitrogens with one attached hydrogen (secondary N) is 1. The lowest BCUT2D eigenvalue weighted by Crippen LogP contribution is -2.27. The van der Waals surface area contributed by atoms with Crippen LogP contribution in [-0.4, -0.2) is 32.9 Å². The molecule has 0 aliphatic carbocycles. The van der Waals surface area contributed by atoms with Crippen molar-refractivity contribution in [2.75, 3.05) is 32.9 Å². The van der Waals surface area contributed by atoms with Crippen molar-refractivity contribution in [2.45, 2.75) is 6.42 Å². The van der Waals surface area contributed by atoms with Gasteiger partial charge >= 0.3 is 0 Å². The van der Waals surface area contributed by atoms with E-state index in [1.54, 1.807) is 0 Å². The molecule has 0 spiro atoms. The second kappa shape index (κ2) is 7.98. The zero-order valence-corrected chi connectivity index (χ0v) is 15.2. The Morgan fingerprint density at radius 3 is 2.63 bits per heavy atom. The number of ether oxygens (including phenoxy) is 2. The Labute approximate surface area is 138 Å². The quantitative estimate of drug-likeness (QED) is 0.655. The molecule has 6 heteroatoms. The molecule has 3 nitrogen and oxygen atoms in total. The Bertz CT molecular complexity index is 399. The molecular weight excluding hydrogens is 442 g/mol. The van der Waals surface area contributed by atoms with E-state index in [0.29, 0.717) is 12.5 Å². The van der Waals surface area contributed by atoms with Crippen LogP contribution in [0.2, 0.25) is 0 Å². The molecule has 0 bridgehead atoms. The highest BCUT2D eigenvalue weighted by molar-refractivity contribution is 9.11. The van der Waals surface area contributed by atoms with Crippen molar-refractivity contribution < 1.29 is 9.47 Å². The molecule has 1 atom stereocenters. The van der Waals surface area contributed by atoms with E-state index in [4.69, 9.17) is 9.47 Å². The average Bonchev–Trinajstić information content (AvgIpc) is 2.84. The number of benzene rings is 1. The fraction of sp³-hybridized carbons (Fsp3) is 0.538. The van der Waals surface area contributed by atoms with Crippen LogP contribution in [-0.2, 0) is 4.74 Å². The zero-order valence-electron chi connectivity index (χ0n) is 10.4. The molecule has 0 aromatic heterocycles. The van der Waals surface area contributed by atoms with Gasteiger partial charge in [-0.25, -0.2) is 0 Å². The van der Waals surface area contributed by atoms with Crippen molar-refractivity contribution in [3.05, 3.63) is 25.6 Å². The summed E-state index contributed by atoms with van der Waals surface area (Å²) in [7, 11) is 0. The largest absolute Gasteiger partial charge is 0.490 e. The number of hydrogen-bond acceptors (Lipinski definition) is 3. The SMILES string of the molecule is Brc1cc(Br)c(OCCNCC2CCOC2)c(Br)c1. The van der Waals surface area contributed by atoms with Gasteiger partial charge in [0, 0.05) is 24.2 Å². The van der Waals surface area contributed by atoms with Crippen LogP contribution >= 0.6 is 47.8 Å². The first-order chi connectivity index (χ1) is 9.16. The highest BCUT2D eigenvalue weighted by Crippen LogP contribution is 2.36. The number of halogens is 3. The van der Waals surface area contributed by atoms with Gasteiger partial charge in [-0.2, -0.15) is 0 Å². The van der Waals surface area contributed by atoms with Crippen LogP contribution in [0.15, 0.2) is 25.6 Å². The minimum Gasteiger partial charge on any atom is -0.490 e. The highest BCUT2D eigenvalue weighted by Gasteiger charge is 2.14. The minimum atomic E-state index is 0.645. The molecule has 1 fully saturated rings. The third-order valence-electron chi connectivity index (χ3n) is 2.95. The number of rotatable bonds is 6. The van der Waals surface area contributed by atoms with Gasteiger partial charge in [-0.3, -0.25) is 0 Å². The van der Waals surface area contributed by atoms with E-state index in [-0.39, 0.29) is 0 Å². The normalized spacial score (nSPS) is 18.8. The molecule has 1 unspecified atom stereocenters. The second-order valence-electron chi connectivity index (χ2n) is 4.48. The van der Waals surface area contributed by atoms with Gasteiger partial charge in [0.15, 0.2) is 0 Å². The maximum absolute atomic E-state index is 5.78. The summed E-state index contributed by atoms with van der Waals surface area (Å²) in [5.74, 6) is 1.50. The topological polar surface area (TPSA) is 30.5 Å². The molecule has 1 saturated heterocycles. The standard InChI is InChI=1S/C13H16Br3NO2/c14-10-5-11(15)13(12(16)6-10)19-4-2-17-7-9-1-3-18-8-9/h5-6,9,17H,1-4,7-8H2. The second-order valence-corrected chi connectivity index (χ2v) is 7.11. The van der Waals surface area contributed by atoms with Gasteiger partial charge in [0.05, 0.1) is 15.6 Å². The van der Waals surface area contributed by atoms with Crippen LogP contribution in [0.3, 0.4) is 0 Å². The molecule has 1 aliphatic rings. The van der Waals surface area contributed by atoms with Crippen LogP contribution in [0.25, 0.3) is 0 Å². The van der Waals surface area contributed by atoms with E-state index in [9.17, 15) is 0 Å². The van der Waals surface area contributed by atoms with Crippen LogP contribution in [0, 0.1) is 5.92 Å². The van der Waals surface area contributed by atoms with Crippen molar-refractivity contribution in [2.24, 2.45) is 5.92 Å². The Balaban J connectivity index is 1.70.